The molecule has 0 aliphatic heterocycles. The smallest absolute Gasteiger partial charge is 0.150 e. The van der Waals surface area contributed by atoms with Crippen LogP contribution in [0.2, 0.25) is 0 Å². The predicted octanol–water partition coefficient (Wildman–Crippen LogP) is 2.13. The molecule has 4 nitrogen and oxygen atoms in total. The Hall–Kier alpha value is -0.560. The van der Waals surface area contributed by atoms with Crippen molar-refractivity contribution in [3.63, 3.8) is 0 Å². The maximum absolute atomic E-state index is 11.4. The maximum Gasteiger partial charge on any atom is 0.150 e. The number of rotatable bonds is 9. The van der Waals surface area contributed by atoms with Crippen LogP contribution in [0.25, 0.3) is 0 Å². The molecule has 1 aromatic carbocycles. The summed E-state index contributed by atoms with van der Waals surface area (Å²) in [5, 5.41) is 0. The lowest BCUT2D eigenvalue weighted by Gasteiger charge is -2.16. The van der Waals surface area contributed by atoms with Gasteiger partial charge in [0.25, 0.3) is 0 Å². The lowest BCUT2D eigenvalue weighted by molar-refractivity contribution is 0.528. The molecule has 0 saturated heterocycles. The van der Waals surface area contributed by atoms with Crippen LogP contribution in [0.3, 0.4) is 0 Å². The summed E-state index contributed by atoms with van der Waals surface area (Å²) in [6.07, 6.45) is 1.42. The topological polar surface area (TPSA) is 72.2 Å². The normalized spacial score (nSPS) is 13.3. The average molecular weight is 316 g/mol. The van der Waals surface area contributed by atoms with E-state index in [1.807, 2.05) is 12.1 Å². The maximum atomic E-state index is 11.4. The van der Waals surface area contributed by atoms with Crippen molar-refractivity contribution >= 4 is 21.6 Å². The van der Waals surface area contributed by atoms with E-state index in [9.17, 15) is 8.42 Å². The zero-order chi connectivity index (χ0) is 15.0. The zero-order valence-corrected chi connectivity index (χ0v) is 13.8. The van der Waals surface area contributed by atoms with Crippen molar-refractivity contribution in [2.75, 3.05) is 17.3 Å². The van der Waals surface area contributed by atoms with Gasteiger partial charge in [-0.3, -0.25) is 11.3 Å². The second-order valence-corrected chi connectivity index (χ2v) is 8.35. The minimum Gasteiger partial charge on any atom is -0.271 e. The van der Waals surface area contributed by atoms with Gasteiger partial charge in [0, 0.05) is 22.4 Å². The van der Waals surface area contributed by atoms with Crippen molar-refractivity contribution in [3.8, 4) is 0 Å². The average Bonchev–Trinajstić information content (AvgIpc) is 2.44. The van der Waals surface area contributed by atoms with Gasteiger partial charge >= 0.3 is 0 Å². The lowest BCUT2D eigenvalue weighted by Crippen LogP contribution is -2.37. The first kappa shape index (κ1) is 17.5. The standard InChI is InChI=1S/C14H24N2O2S2/c1-3-20(17,18)10-6-8-13(16-15)11-19-14-9-5-4-7-12(14)2/h4-5,7,9,13,16H,3,6,8,10-11,15H2,1-2H3. The third kappa shape index (κ3) is 6.26. The van der Waals surface area contributed by atoms with Crippen molar-refractivity contribution < 1.29 is 8.42 Å². The van der Waals surface area contributed by atoms with Gasteiger partial charge < -0.3 is 0 Å². The van der Waals surface area contributed by atoms with Crippen LogP contribution >= 0.6 is 11.8 Å². The number of nitrogens with one attached hydrogen (secondary N) is 1. The Balaban J connectivity index is 2.39. The number of thioether (sulfide) groups is 1. The monoisotopic (exact) mass is 316 g/mol. The molecule has 0 spiro atoms. The fraction of sp³-hybridized carbons (Fsp3) is 0.571. The van der Waals surface area contributed by atoms with E-state index < -0.39 is 9.84 Å². The number of aryl methyl sites for hydroxylation is 1. The van der Waals surface area contributed by atoms with Gasteiger partial charge in [0.05, 0.1) is 5.75 Å². The first-order valence-electron chi connectivity index (χ1n) is 6.83. The van der Waals surface area contributed by atoms with Crippen LogP contribution in [0.1, 0.15) is 25.3 Å². The van der Waals surface area contributed by atoms with Gasteiger partial charge in [-0.1, -0.05) is 25.1 Å². The summed E-state index contributed by atoms with van der Waals surface area (Å²) in [4.78, 5) is 1.24. The molecule has 0 aromatic heterocycles. The summed E-state index contributed by atoms with van der Waals surface area (Å²) >= 11 is 1.75. The molecule has 0 heterocycles. The van der Waals surface area contributed by atoms with Gasteiger partial charge in [0.1, 0.15) is 9.84 Å². The summed E-state index contributed by atoms with van der Waals surface area (Å²) in [6, 6.07) is 8.35. The molecule has 0 aliphatic carbocycles. The van der Waals surface area contributed by atoms with Crippen molar-refractivity contribution in [1.29, 1.82) is 0 Å². The summed E-state index contributed by atoms with van der Waals surface area (Å²) in [5.74, 6) is 6.85. The highest BCUT2D eigenvalue weighted by atomic mass is 32.2. The van der Waals surface area contributed by atoms with Crippen molar-refractivity contribution in [1.82, 2.24) is 5.43 Å². The quantitative estimate of drug-likeness (QED) is 0.415. The van der Waals surface area contributed by atoms with Crippen LogP contribution in [-0.4, -0.2) is 31.7 Å². The Bertz CT molecular complexity index is 504. The Morgan fingerprint density at radius 1 is 1.35 bits per heavy atom. The third-order valence-corrected chi connectivity index (χ3v) is 6.35. The fourth-order valence-corrected chi connectivity index (χ4v) is 3.83. The number of hydrogen-bond donors (Lipinski definition) is 2. The number of benzene rings is 1. The minimum atomic E-state index is -2.87. The molecule has 114 valence electrons. The van der Waals surface area contributed by atoms with Crippen LogP contribution < -0.4 is 11.3 Å². The molecule has 1 unspecified atom stereocenters. The zero-order valence-electron chi connectivity index (χ0n) is 12.1. The van der Waals surface area contributed by atoms with Crippen LogP contribution in [0.4, 0.5) is 0 Å². The molecule has 3 N–H and O–H groups in total. The van der Waals surface area contributed by atoms with E-state index in [0.29, 0.717) is 6.42 Å². The van der Waals surface area contributed by atoms with Gasteiger partial charge in [0.2, 0.25) is 0 Å². The molecular formula is C14H24N2O2S2. The van der Waals surface area contributed by atoms with Crippen LogP contribution in [-0.2, 0) is 9.84 Å². The Morgan fingerprint density at radius 2 is 2.05 bits per heavy atom. The van der Waals surface area contributed by atoms with E-state index in [0.717, 1.165) is 12.2 Å². The largest absolute Gasteiger partial charge is 0.271 e. The Labute approximate surface area is 126 Å². The summed E-state index contributed by atoms with van der Waals surface area (Å²) < 4.78 is 22.9. The SMILES string of the molecule is CCS(=O)(=O)CCCC(CSc1ccccc1C)NN. The van der Waals surface area contributed by atoms with Gasteiger partial charge in [-0.15, -0.1) is 11.8 Å². The van der Waals surface area contributed by atoms with Gasteiger partial charge in [-0.05, 0) is 31.4 Å². The molecule has 0 bridgehead atoms. The highest BCUT2D eigenvalue weighted by molar-refractivity contribution is 7.99. The Morgan fingerprint density at radius 3 is 2.65 bits per heavy atom. The second kappa shape index (κ2) is 8.67. The lowest BCUT2D eigenvalue weighted by atomic mass is 10.2. The molecule has 1 aromatic rings. The fourth-order valence-electron chi connectivity index (χ4n) is 1.82. The number of hydrogen-bond acceptors (Lipinski definition) is 5. The summed E-state index contributed by atoms with van der Waals surface area (Å²) in [5.41, 5.74) is 4.03. The minimum absolute atomic E-state index is 0.131. The van der Waals surface area contributed by atoms with Gasteiger partial charge in [-0.2, -0.15) is 0 Å². The molecule has 1 atom stereocenters. The van der Waals surface area contributed by atoms with Crippen molar-refractivity contribution in [2.24, 2.45) is 5.84 Å². The van der Waals surface area contributed by atoms with Crippen molar-refractivity contribution in [2.45, 2.75) is 37.6 Å². The molecule has 0 radical (unpaired) electrons. The van der Waals surface area contributed by atoms with E-state index in [1.54, 1.807) is 18.7 Å². The molecule has 0 fully saturated rings. The predicted molar refractivity (Wildman–Crippen MR) is 86.6 cm³/mol. The van der Waals surface area contributed by atoms with E-state index >= 15 is 0 Å². The number of hydrazine groups is 1. The molecule has 0 amide bonds. The van der Waals surface area contributed by atoms with E-state index in [4.69, 9.17) is 5.84 Å². The molecule has 0 saturated carbocycles. The highest BCUT2D eigenvalue weighted by Crippen LogP contribution is 2.23. The van der Waals surface area contributed by atoms with Crippen LogP contribution in [0, 0.1) is 6.92 Å². The number of nitrogens with two attached hydrogens (primary N) is 1. The molecule has 20 heavy (non-hydrogen) atoms. The molecular weight excluding hydrogens is 292 g/mol. The summed E-state index contributed by atoms with van der Waals surface area (Å²) in [7, 11) is -2.87. The van der Waals surface area contributed by atoms with Crippen molar-refractivity contribution in [3.05, 3.63) is 29.8 Å². The molecule has 6 heteroatoms. The van der Waals surface area contributed by atoms with Crippen LogP contribution in [0.5, 0.6) is 0 Å². The first-order valence-corrected chi connectivity index (χ1v) is 9.64. The van der Waals surface area contributed by atoms with E-state index in [1.165, 1.54) is 10.5 Å². The molecule has 0 aliphatic rings. The van der Waals surface area contributed by atoms with Gasteiger partial charge in [0.15, 0.2) is 0 Å². The van der Waals surface area contributed by atoms with Gasteiger partial charge in [-0.25, -0.2) is 8.42 Å². The first-order chi connectivity index (χ1) is 9.48. The highest BCUT2D eigenvalue weighted by Gasteiger charge is 2.12. The van der Waals surface area contributed by atoms with Crippen LogP contribution in [0.15, 0.2) is 29.2 Å². The van der Waals surface area contributed by atoms with E-state index in [2.05, 4.69) is 24.5 Å². The number of sulfone groups is 1. The molecule has 1 rings (SSSR count). The second-order valence-electron chi connectivity index (χ2n) is 4.82. The van der Waals surface area contributed by atoms with E-state index in [-0.39, 0.29) is 17.5 Å². The Kier molecular flexibility index (Phi) is 7.58. The third-order valence-electron chi connectivity index (χ3n) is 3.22. The summed E-state index contributed by atoms with van der Waals surface area (Å²) in [6.45, 7) is 3.77.